The van der Waals surface area contributed by atoms with Crippen LogP contribution in [-0.4, -0.2) is 44.2 Å². The molecule has 140 valence electrons. The average molecular weight is 460 g/mol. The van der Waals surface area contributed by atoms with Crippen LogP contribution in [0.15, 0.2) is 29.3 Å². The van der Waals surface area contributed by atoms with Gasteiger partial charge in [0.25, 0.3) is 5.91 Å². The van der Waals surface area contributed by atoms with E-state index in [2.05, 4.69) is 20.9 Å². The second-order valence-corrected chi connectivity index (χ2v) is 5.77. The third-order valence-electron chi connectivity index (χ3n) is 3.81. The highest BCUT2D eigenvalue weighted by Gasteiger charge is 2.16. The van der Waals surface area contributed by atoms with Crippen LogP contribution in [0.25, 0.3) is 0 Å². The van der Waals surface area contributed by atoms with E-state index in [-0.39, 0.29) is 36.0 Å². The van der Waals surface area contributed by atoms with Crippen molar-refractivity contribution in [2.24, 2.45) is 4.99 Å². The minimum Gasteiger partial charge on any atom is -0.376 e. The molecule has 25 heavy (non-hydrogen) atoms. The van der Waals surface area contributed by atoms with Crippen LogP contribution in [0.1, 0.15) is 42.6 Å². The van der Waals surface area contributed by atoms with Crippen molar-refractivity contribution in [3.05, 3.63) is 35.4 Å². The maximum absolute atomic E-state index is 12.3. The van der Waals surface area contributed by atoms with E-state index in [4.69, 9.17) is 4.74 Å². The third kappa shape index (κ3) is 7.60. The zero-order chi connectivity index (χ0) is 17.2. The molecule has 1 aliphatic rings. The summed E-state index contributed by atoms with van der Waals surface area (Å²) in [6.07, 6.45) is 2.25. The van der Waals surface area contributed by atoms with Gasteiger partial charge in [0.05, 0.1) is 12.6 Å². The predicted molar refractivity (Wildman–Crippen MR) is 112 cm³/mol. The standard InChI is InChI=1S/C18H28N4O2.HI/c1-3-19-18(20-4-2)22-12-14-7-5-8-15(11-14)17(23)21-13-16-9-6-10-24-16;/h5,7-8,11,16H,3-4,6,9-10,12-13H2,1-2H3,(H,21,23)(H2,19,20,22);1H. The number of amides is 1. The van der Waals surface area contributed by atoms with Crippen molar-refractivity contribution < 1.29 is 9.53 Å². The van der Waals surface area contributed by atoms with Gasteiger partial charge in [0, 0.05) is 31.8 Å². The van der Waals surface area contributed by atoms with E-state index >= 15 is 0 Å². The quantitative estimate of drug-likeness (QED) is 0.332. The summed E-state index contributed by atoms with van der Waals surface area (Å²) in [6.45, 7) is 7.61. The first-order valence-electron chi connectivity index (χ1n) is 8.73. The second kappa shape index (κ2) is 12.1. The SMILES string of the molecule is CCNC(=NCc1cccc(C(=O)NCC2CCCO2)c1)NCC.I. The Bertz CT molecular complexity index is 552. The number of ether oxygens (including phenoxy) is 1. The first-order chi connectivity index (χ1) is 11.7. The Morgan fingerprint density at radius 3 is 2.64 bits per heavy atom. The molecule has 0 radical (unpaired) electrons. The van der Waals surface area contributed by atoms with Gasteiger partial charge in [0.15, 0.2) is 5.96 Å². The first-order valence-corrected chi connectivity index (χ1v) is 8.73. The molecular weight excluding hydrogens is 431 g/mol. The Labute approximate surface area is 167 Å². The van der Waals surface area contributed by atoms with Crippen molar-refractivity contribution in [3.63, 3.8) is 0 Å². The number of carbonyl (C=O) groups excluding carboxylic acids is 1. The highest BCUT2D eigenvalue weighted by Crippen LogP contribution is 2.11. The summed E-state index contributed by atoms with van der Waals surface area (Å²) in [6, 6.07) is 7.60. The number of nitrogens with one attached hydrogen (secondary N) is 3. The van der Waals surface area contributed by atoms with Crippen LogP contribution in [0.4, 0.5) is 0 Å². The molecule has 1 saturated heterocycles. The van der Waals surface area contributed by atoms with Crippen LogP contribution < -0.4 is 16.0 Å². The lowest BCUT2D eigenvalue weighted by molar-refractivity contribution is 0.0857. The number of hydrogen-bond donors (Lipinski definition) is 3. The monoisotopic (exact) mass is 460 g/mol. The Balaban J connectivity index is 0.00000312. The van der Waals surface area contributed by atoms with Crippen LogP contribution in [0, 0.1) is 0 Å². The molecule has 1 aliphatic heterocycles. The van der Waals surface area contributed by atoms with Crippen LogP contribution in [0.2, 0.25) is 0 Å². The molecule has 1 atom stereocenters. The van der Waals surface area contributed by atoms with Crippen molar-refractivity contribution >= 4 is 35.8 Å². The molecule has 7 heteroatoms. The van der Waals surface area contributed by atoms with Gasteiger partial charge in [-0.3, -0.25) is 4.79 Å². The van der Waals surface area contributed by atoms with Gasteiger partial charge >= 0.3 is 0 Å². The van der Waals surface area contributed by atoms with Crippen LogP contribution >= 0.6 is 24.0 Å². The molecule has 1 amide bonds. The number of benzene rings is 1. The van der Waals surface area contributed by atoms with Gasteiger partial charge in [-0.05, 0) is 44.4 Å². The van der Waals surface area contributed by atoms with Gasteiger partial charge < -0.3 is 20.7 Å². The van der Waals surface area contributed by atoms with Gasteiger partial charge in [-0.15, -0.1) is 24.0 Å². The number of nitrogens with zero attached hydrogens (tertiary/aromatic N) is 1. The fourth-order valence-corrected chi connectivity index (χ4v) is 2.60. The Hall–Kier alpha value is -1.35. The molecule has 1 fully saturated rings. The van der Waals surface area contributed by atoms with Crippen LogP contribution in [0.5, 0.6) is 0 Å². The van der Waals surface area contributed by atoms with E-state index in [1.165, 1.54) is 0 Å². The number of carbonyl (C=O) groups is 1. The molecule has 3 N–H and O–H groups in total. The minimum absolute atomic E-state index is 0. The first kappa shape index (κ1) is 21.7. The molecule has 2 rings (SSSR count). The van der Waals surface area contributed by atoms with E-state index in [0.29, 0.717) is 18.7 Å². The number of halogens is 1. The van der Waals surface area contributed by atoms with Crippen molar-refractivity contribution in [2.75, 3.05) is 26.2 Å². The average Bonchev–Trinajstić information content (AvgIpc) is 3.12. The van der Waals surface area contributed by atoms with E-state index < -0.39 is 0 Å². The second-order valence-electron chi connectivity index (χ2n) is 5.77. The number of guanidine groups is 1. The van der Waals surface area contributed by atoms with Gasteiger partial charge in [-0.1, -0.05) is 12.1 Å². The summed E-state index contributed by atoms with van der Waals surface area (Å²) in [5, 5.41) is 9.33. The van der Waals surface area contributed by atoms with Crippen molar-refractivity contribution in [1.82, 2.24) is 16.0 Å². The maximum atomic E-state index is 12.3. The lowest BCUT2D eigenvalue weighted by Crippen LogP contribution is -2.37. The van der Waals surface area contributed by atoms with Gasteiger partial charge in [0.2, 0.25) is 0 Å². The zero-order valence-corrected chi connectivity index (χ0v) is 17.3. The summed E-state index contributed by atoms with van der Waals surface area (Å²) in [5.74, 6) is 0.725. The highest BCUT2D eigenvalue weighted by atomic mass is 127. The Kier molecular flexibility index (Phi) is 10.5. The molecule has 0 spiro atoms. The minimum atomic E-state index is -0.0603. The molecule has 1 unspecified atom stereocenters. The summed E-state index contributed by atoms with van der Waals surface area (Å²) in [4.78, 5) is 16.8. The summed E-state index contributed by atoms with van der Waals surface area (Å²) in [7, 11) is 0. The van der Waals surface area contributed by atoms with E-state index in [9.17, 15) is 4.79 Å². The maximum Gasteiger partial charge on any atom is 0.251 e. The van der Waals surface area contributed by atoms with Crippen LogP contribution in [-0.2, 0) is 11.3 Å². The number of rotatable bonds is 7. The highest BCUT2D eigenvalue weighted by molar-refractivity contribution is 14.0. The smallest absolute Gasteiger partial charge is 0.251 e. The van der Waals surface area contributed by atoms with Gasteiger partial charge in [-0.2, -0.15) is 0 Å². The van der Waals surface area contributed by atoms with Gasteiger partial charge in [-0.25, -0.2) is 4.99 Å². The fourth-order valence-electron chi connectivity index (χ4n) is 2.60. The van der Waals surface area contributed by atoms with E-state index in [1.807, 2.05) is 38.1 Å². The van der Waals surface area contributed by atoms with Crippen molar-refractivity contribution in [1.29, 1.82) is 0 Å². The van der Waals surface area contributed by atoms with E-state index in [0.717, 1.165) is 44.1 Å². The number of hydrogen-bond acceptors (Lipinski definition) is 3. The summed E-state index contributed by atoms with van der Waals surface area (Å²) >= 11 is 0. The molecule has 0 bridgehead atoms. The van der Waals surface area contributed by atoms with Crippen molar-refractivity contribution in [3.8, 4) is 0 Å². The van der Waals surface area contributed by atoms with Crippen molar-refractivity contribution in [2.45, 2.75) is 39.3 Å². The molecule has 0 aromatic heterocycles. The third-order valence-corrected chi connectivity index (χ3v) is 3.81. The fraction of sp³-hybridized carbons (Fsp3) is 0.556. The molecule has 1 aromatic rings. The van der Waals surface area contributed by atoms with E-state index in [1.54, 1.807) is 0 Å². The largest absolute Gasteiger partial charge is 0.376 e. The Morgan fingerprint density at radius 1 is 1.24 bits per heavy atom. The molecule has 0 aliphatic carbocycles. The molecule has 1 heterocycles. The lowest BCUT2D eigenvalue weighted by Gasteiger charge is -2.11. The molecule has 1 aromatic carbocycles. The molecule has 6 nitrogen and oxygen atoms in total. The lowest BCUT2D eigenvalue weighted by atomic mass is 10.1. The molecular formula is C18H29IN4O2. The van der Waals surface area contributed by atoms with Gasteiger partial charge in [0.1, 0.15) is 0 Å². The Morgan fingerprint density at radius 2 is 2.00 bits per heavy atom. The normalized spacial score (nSPS) is 15.8. The topological polar surface area (TPSA) is 74.8 Å². The number of aliphatic imine (C=N–C) groups is 1. The summed E-state index contributed by atoms with van der Waals surface area (Å²) < 4.78 is 5.53. The zero-order valence-electron chi connectivity index (χ0n) is 15.0. The van der Waals surface area contributed by atoms with Crippen LogP contribution in [0.3, 0.4) is 0 Å². The molecule has 0 saturated carbocycles. The predicted octanol–water partition coefficient (Wildman–Crippen LogP) is 2.29. The summed E-state index contributed by atoms with van der Waals surface area (Å²) in [5.41, 5.74) is 1.67.